The van der Waals surface area contributed by atoms with Gasteiger partial charge in [0.15, 0.2) is 11.2 Å². The highest BCUT2D eigenvalue weighted by molar-refractivity contribution is 6.28. The number of aromatic amines is 1. The highest BCUT2D eigenvalue weighted by atomic mass is 35.5. The van der Waals surface area contributed by atoms with Crippen molar-refractivity contribution in [1.29, 1.82) is 0 Å². The smallest absolute Gasteiger partial charge is 0.407 e. The van der Waals surface area contributed by atoms with Crippen LogP contribution in [0.2, 0.25) is 5.28 Å². The van der Waals surface area contributed by atoms with Crippen LogP contribution in [0.5, 0.6) is 0 Å². The number of fused-ring (bicyclic) bond motifs is 1. The fourth-order valence-corrected chi connectivity index (χ4v) is 3.39. The lowest BCUT2D eigenvalue weighted by molar-refractivity contribution is 0.140. The van der Waals surface area contributed by atoms with Gasteiger partial charge in [0.1, 0.15) is 6.61 Å². The van der Waals surface area contributed by atoms with Crippen molar-refractivity contribution >= 4 is 28.9 Å². The van der Waals surface area contributed by atoms with Crippen molar-refractivity contribution in [1.82, 2.24) is 24.4 Å². The Balaban J connectivity index is 1.67. The van der Waals surface area contributed by atoms with E-state index in [9.17, 15) is 14.4 Å². The minimum absolute atomic E-state index is 0.0419. The molecule has 0 bridgehead atoms. The number of carbonyl (C=O) groups excluding carboxylic acids is 1. The Hall–Kier alpha value is -3.07. The summed E-state index contributed by atoms with van der Waals surface area (Å²) in [5.74, 6) is 0. The molecule has 0 spiro atoms. The molecule has 9 nitrogen and oxygen atoms in total. The van der Waals surface area contributed by atoms with Gasteiger partial charge in [-0.3, -0.25) is 13.9 Å². The number of nitrogens with one attached hydrogen (secondary N) is 2. The van der Waals surface area contributed by atoms with Gasteiger partial charge in [-0.15, -0.1) is 0 Å². The maximum absolute atomic E-state index is 12.9. The Morgan fingerprint density at radius 3 is 2.61 bits per heavy atom. The van der Waals surface area contributed by atoms with Crippen LogP contribution < -0.4 is 16.6 Å². The zero-order chi connectivity index (χ0) is 22.4. The second kappa shape index (κ2) is 10.3. The van der Waals surface area contributed by atoms with Crippen molar-refractivity contribution in [2.45, 2.75) is 52.7 Å². The van der Waals surface area contributed by atoms with E-state index in [1.165, 1.54) is 4.57 Å². The van der Waals surface area contributed by atoms with Gasteiger partial charge in [-0.05, 0) is 30.5 Å². The fraction of sp³-hybridized carbons (Fsp3) is 0.429. The number of aromatic nitrogens is 4. The Kier molecular flexibility index (Phi) is 7.51. The lowest BCUT2D eigenvalue weighted by atomic mass is 10.1. The third-order valence-electron chi connectivity index (χ3n) is 4.92. The zero-order valence-corrected chi connectivity index (χ0v) is 18.4. The number of halogens is 1. The fourth-order valence-electron chi connectivity index (χ4n) is 3.22. The normalized spacial score (nSPS) is 11.1. The first-order valence-electron chi connectivity index (χ1n) is 10.3. The molecule has 0 aliphatic heterocycles. The van der Waals surface area contributed by atoms with Crippen molar-refractivity contribution < 1.29 is 9.53 Å². The third kappa shape index (κ3) is 5.55. The number of hydrogen-bond donors (Lipinski definition) is 2. The van der Waals surface area contributed by atoms with Crippen LogP contribution in [0.1, 0.15) is 37.3 Å². The second-order valence-electron chi connectivity index (χ2n) is 7.30. The topological polar surface area (TPSA) is 111 Å². The molecule has 3 aromatic rings. The second-order valence-corrected chi connectivity index (χ2v) is 7.66. The minimum Gasteiger partial charge on any atom is -0.448 e. The number of nitrogens with zero attached hydrogens (tertiary/aromatic N) is 3. The van der Waals surface area contributed by atoms with Gasteiger partial charge in [-0.1, -0.05) is 49.6 Å². The summed E-state index contributed by atoms with van der Waals surface area (Å²) in [4.78, 5) is 44.4. The van der Waals surface area contributed by atoms with E-state index < -0.39 is 17.3 Å². The number of benzene rings is 1. The number of aryl methyl sites for hydroxylation is 2. The number of amides is 1. The number of alkyl carbamates (subject to hydrolysis) is 1. The monoisotopic (exact) mass is 447 g/mol. The highest BCUT2D eigenvalue weighted by Crippen LogP contribution is 2.10. The average Bonchev–Trinajstić information content (AvgIpc) is 3.14. The van der Waals surface area contributed by atoms with Gasteiger partial charge in [0.2, 0.25) is 5.28 Å². The van der Waals surface area contributed by atoms with E-state index in [1.807, 2.05) is 31.2 Å². The predicted octanol–water partition coefficient (Wildman–Crippen LogP) is 2.96. The maximum Gasteiger partial charge on any atom is 0.407 e. The minimum atomic E-state index is -0.623. The average molecular weight is 448 g/mol. The molecule has 0 radical (unpaired) electrons. The number of carbonyl (C=O) groups is 1. The number of unbranched alkanes of at least 4 members (excludes halogenated alkanes) is 2. The molecule has 0 saturated carbocycles. The first-order chi connectivity index (χ1) is 14.9. The molecule has 1 amide bonds. The van der Waals surface area contributed by atoms with Crippen LogP contribution in [0.4, 0.5) is 4.79 Å². The molecule has 166 valence electrons. The van der Waals surface area contributed by atoms with Gasteiger partial charge in [0, 0.05) is 13.1 Å². The summed E-state index contributed by atoms with van der Waals surface area (Å²) in [6, 6.07) is 7.75. The molecule has 0 unspecified atom stereocenters. The van der Waals surface area contributed by atoms with Gasteiger partial charge < -0.3 is 15.0 Å². The number of rotatable bonds is 9. The van der Waals surface area contributed by atoms with Crippen LogP contribution in [0.15, 0.2) is 33.9 Å². The molecule has 0 atom stereocenters. The van der Waals surface area contributed by atoms with E-state index >= 15 is 0 Å². The maximum atomic E-state index is 12.9. The summed E-state index contributed by atoms with van der Waals surface area (Å²) in [6.45, 7) is 4.59. The molecule has 2 aromatic heterocycles. The standard InChI is InChI=1S/C21H26ClN5O4/c1-3-4-5-10-26-17-16(24-19(22)25-17)18(28)27(21(26)30)11-12-31-20(29)23-13-15-8-6-14(2)7-9-15/h6-9H,3-5,10-13H2,1-2H3,(H,23,29)(H,24,25). The third-order valence-corrected chi connectivity index (χ3v) is 5.10. The van der Waals surface area contributed by atoms with Crippen LogP contribution >= 0.6 is 11.6 Å². The molecule has 2 heterocycles. The number of imidazole rings is 1. The Morgan fingerprint density at radius 1 is 1.16 bits per heavy atom. The molecule has 31 heavy (non-hydrogen) atoms. The summed E-state index contributed by atoms with van der Waals surface area (Å²) in [7, 11) is 0. The quantitative estimate of drug-likeness (QED) is 0.387. The summed E-state index contributed by atoms with van der Waals surface area (Å²) in [5, 5.41) is 2.69. The van der Waals surface area contributed by atoms with Crippen LogP contribution in [0.3, 0.4) is 0 Å². The van der Waals surface area contributed by atoms with Gasteiger partial charge >= 0.3 is 11.8 Å². The number of hydrogen-bond acceptors (Lipinski definition) is 5. The van der Waals surface area contributed by atoms with Crippen molar-refractivity contribution in [2.75, 3.05) is 6.61 Å². The molecule has 0 aliphatic carbocycles. The summed E-state index contributed by atoms with van der Waals surface area (Å²) in [5.41, 5.74) is 1.42. The summed E-state index contributed by atoms with van der Waals surface area (Å²) in [6.07, 6.45) is 2.08. The molecule has 2 N–H and O–H groups in total. The molecule has 3 rings (SSSR count). The molecule has 0 fully saturated rings. The molecule has 10 heteroatoms. The van der Waals surface area contributed by atoms with E-state index in [4.69, 9.17) is 16.3 Å². The number of ether oxygens (including phenoxy) is 1. The predicted molar refractivity (Wildman–Crippen MR) is 119 cm³/mol. The summed E-state index contributed by atoms with van der Waals surface area (Å²) < 4.78 is 7.62. The van der Waals surface area contributed by atoms with Crippen LogP contribution in [-0.2, 0) is 24.4 Å². The van der Waals surface area contributed by atoms with E-state index in [0.717, 1.165) is 35.0 Å². The first kappa shape index (κ1) is 22.6. The van der Waals surface area contributed by atoms with Gasteiger partial charge in [-0.2, -0.15) is 4.98 Å². The van der Waals surface area contributed by atoms with Crippen LogP contribution in [-0.4, -0.2) is 31.8 Å². The van der Waals surface area contributed by atoms with Crippen LogP contribution in [0, 0.1) is 6.92 Å². The molecular weight excluding hydrogens is 422 g/mol. The van der Waals surface area contributed by atoms with E-state index in [2.05, 4.69) is 22.2 Å². The summed E-state index contributed by atoms with van der Waals surface area (Å²) >= 11 is 5.93. The van der Waals surface area contributed by atoms with E-state index in [1.54, 1.807) is 0 Å². The van der Waals surface area contributed by atoms with Crippen molar-refractivity contribution in [3.63, 3.8) is 0 Å². The van der Waals surface area contributed by atoms with Crippen molar-refractivity contribution in [2.24, 2.45) is 0 Å². The lowest BCUT2D eigenvalue weighted by Gasteiger charge is -2.12. The first-order valence-corrected chi connectivity index (χ1v) is 10.6. The lowest BCUT2D eigenvalue weighted by Crippen LogP contribution is -2.41. The van der Waals surface area contributed by atoms with Crippen LogP contribution in [0.25, 0.3) is 11.2 Å². The largest absolute Gasteiger partial charge is 0.448 e. The van der Waals surface area contributed by atoms with E-state index in [-0.39, 0.29) is 29.6 Å². The van der Waals surface area contributed by atoms with Gasteiger partial charge in [-0.25, -0.2) is 9.59 Å². The molecule has 0 saturated heterocycles. The Bertz CT molecular complexity index is 1160. The van der Waals surface area contributed by atoms with Gasteiger partial charge in [0.05, 0.1) is 6.54 Å². The Labute approximate surface area is 184 Å². The SMILES string of the molecule is CCCCCn1c(=O)n(CCOC(=O)NCc2ccc(C)cc2)c(=O)c2[nH]c(Cl)nc21. The van der Waals surface area contributed by atoms with Crippen molar-refractivity contribution in [3.8, 4) is 0 Å². The molecular formula is C21H26ClN5O4. The van der Waals surface area contributed by atoms with Gasteiger partial charge in [0.25, 0.3) is 5.56 Å². The highest BCUT2D eigenvalue weighted by Gasteiger charge is 2.17. The molecule has 1 aromatic carbocycles. The number of H-pyrrole nitrogens is 1. The molecule has 0 aliphatic rings. The van der Waals surface area contributed by atoms with Crippen molar-refractivity contribution in [3.05, 3.63) is 61.5 Å². The van der Waals surface area contributed by atoms with E-state index in [0.29, 0.717) is 13.1 Å². The Morgan fingerprint density at radius 2 is 1.90 bits per heavy atom. The zero-order valence-electron chi connectivity index (χ0n) is 17.6.